The highest BCUT2D eigenvalue weighted by atomic mass is 16.5. The Hall–Kier alpha value is -4.49. The van der Waals surface area contributed by atoms with Crippen LogP contribution < -0.4 is 0 Å². The van der Waals surface area contributed by atoms with Gasteiger partial charge in [0.1, 0.15) is 12.8 Å². The van der Waals surface area contributed by atoms with Crippen LogP contribution in [0.4, 0.5) is 0 Å². The molecule has 0 unspecified atom stereocenters. The van der Waals surface area contributed by atoms with E-state index in [2.05, 4.69) is 4.98 Å². The van der Waals surface area contributed by atoms with E-state index in [1.807, 2.05) is 65.4 Å². The maximum absolute atomic E-state index is 13.4. The number of imide groups is 1. The van der Waals surface area contributed by atoms with Crippen molar-refractivity contribution < 1.29 is 18.7 Å². The molecule has 6 rings (SSSR count). The molecule has 0 spiro atoms. The Bertz CT molecular complexity index is 1550. The number of para-hydroxylation sites is 1. The Kier molecular flexibility index (Phi) is 5.47. The smallest absolute Gasteiger partial charge is 0.262 e. The highest BCUT2D eigenvalue weighted by Crippen LogP contribution is 2.37. The van der Waals surface area contributed by atoms with Crippen molar-refractivity contribution in [3.8, 4) is 11.3 Å². The number of aromatic nitrogens is 2. The van der Waals surface area contributed by atoms with Gasteiger partial charge in [-0.1, -0.05) is 60.7 Å². The molecule has 7 nitrogen and oxygen atoms in total. The van der Waals surface area contributed by atoms with E-state index >= 15 is 0 Å². The lowest BCUT2D eigenvalue weighted by atomic mass is 10.0. The molecule has 0 saturated heterocycles. The molecule has 2 aromatic heterocycles. The zero-order chi connectivity index (χ0) is 24.6. The van der Waals surface area contributed by atoms with E-state index in [4.69, 9.17) is 9.15 Å². The fraction of sp³-hybridized carbons (Fsp3) is 0.138. The van der Waals surface area contributed by atoms with Crippen LogP contribution in [0.3, 0.4) is 0 Å². The van der Waals surface area contributed by atoms with Crippen LogP contribution in [0.25, 0.3) is 22.2 Å². The zero-order valence-corrected chi connectivity index (χ0v) is 19.6. The first-order valence-corrected chi connectivity index (χ1v) is 11.7. The van der Waals surface area contributed by atoms with E-state index in [1.54, 1.807) is 37.6 Å². The van der Waals surface area contributed by atoms with Crippen molar-refractivity contribution in [2.75, 3.05) is 7.11 Å². The van der Waals surface area contributed by atoms with Crippen LogP contribution in [-0.2, 0) is 17.9 Å². The van der Waals surface area contributed by atoms with E-state index in [9.17, 15) is 9.59 Å². The number of oxazole rings is 1. The first kappa shape index (κ1) is 22.0. The first-order chi connectivity index (χ1) is 17.7. The van der Waals surface area contributed by atoms with Crippen LogP contribution >= 0.6 is 0 Å². The third kappa shape index (κ3) is 3.61. The molecule has 0 saturated carbocycles. The van der Waals surface area contributed by atoms with Crippen LogP contribution in [0.15, 0.2) is 95.7 Å². The number of fused-ring (bicyclic) bond motifs is 2. The number of rotatable bonds is 7. The summed E-state index contributed by atoms with van der Waals surface area (Å²) in [6.45, 7) is 0.396. The molecule has 0 aliphatic carbocycles. The van der Waals surface area contributed by atoms with Crippen molar-refractivity contribution >= 4 is 22.7 Å². The van der Waals surface area contributed by atoms with E-state index in [0.29, 0.717) is 35.9 Å². The minimum Gasteiger partial charge on any atom is -0.438 e. The van der Waals surface area contributed by atoms with Gasteiger partial charge in [-0.3, -0.25) is 14.5 Å². The SMILES string of the molecule is COCn1cc(-c2cnc([C@@H](Cc3ccccc3)N3C(=O)c4ccccc4C3=O)o2)c2ccccc21. The van der Waals surface area contributed by atoms with Gasteiger partial charge >= 0.3 is 0 Å². The summed E-state index contributed by atoms with van der Waals surface area (Å²) in [7, 11) is 1.65. The van der Waals surface area contributed by atoms with E-state index in [0.717, 1.165) is 22.0 Å². The summed E-state index contributed by atoms with van der Waals surface area (Å²) in [6, 6.07) is 23.9. The quantitative estimate of drug-likeness (QED) is 0.290. The fourth-order valence-electron chi connectivity index (χ4n) is 4.87. The van der Waals surface area contributed by atoms with E-state index in [-0.39, 0.29) is 11.8 Å². The second kappa shape index (κ2) is 8.94. The van der Waals surface area contributed by atoms with Crippen LogP contribution in [-0.4, -0.2) is 33.4 Å². The van der Waals surface area contributed by atoms with Gasteiger partial charge in [0.15, 0.2) is 5.76 Å². The molecule has 36 heavy (non-hydrogen) atoms. The second-order valence-electron chi connectivity index (χ2n) is 8.74. The third-order valence-electron chi connectivity index (χ3n) is 6.54. The third-order valence-corrected chi connectivity index (χ3v) is 6.54. The van der Waals surface area contributed by atoms with E-state index < -0.39 is 6.04 Å². The number of nitrogens with zero attached hydrogens (tertiary/aromatic N) is 3. The van der Waals surface area contributed by atoms with Gasteiger partial charge in [-0.2, -0.15) is 0 Å². The van der Waals surface area contributed by atoms with Crippen molar-refractivity contribution in [3.63, 3.8) is 0 Å². The Morgan fingerprint density at radius 2 is 1.53 bits per heavy atom. The molecule has 2 amide bonds. The van der Waals surface area contributed by atoms with Crippen LogP contribution in [0.2, 0.25) is 0 Å². The van der Waals surface area contributed by atoms with Crippen molar-refractivity contribution in [2.45, 2.75) is 19.2 Å². The highest BCUT2D eigenvalue weighted by molar-refractivity contribution is 6.21. The Morgan fingerprint density at radius 3 is 2.25 bits per heavy atom. The zero-order valence-electron chi connectivity index (χ0n) is 19.6. The monoisotopic (exact) mass is 477 g/mol. The number of ether oxygens (including phenoxy) is 1. The van der Waals surface area contributed by atoms with Crippen molar-refractivity contribution in [1.29, 1.82) is 0 Å². The summed E-state index contributed by atoms with van der Waals surface area (Å²) in [5.74, 6) is 0.193. The fourth-order valence-corrected chi connectivity index (χ4v) is 4.87. The average molecular weight is 478 g/mol. The molecule has 1 atom stereocenters. The van der Waals surface area contributed by atoms with Gasteiger partial charge in [0.25, 0.3) is 11.8 Å². The number of hydrogen-bond acceptors (Lipinski definition) is 5. The maximum atomic E-state index is 13.4. The normalized spacial score (nSPS) is 14.0. The lowest BCUT2D eigenvalue weighted by Gasteiger charge is -2.23. The Balaban J connectivity index is 1.43. The maximum Gasteiger partial charge on any atom is 0.262 e. The van der Waals surface area contributed by atoms with Gasteiger partial charge in [0.2, 0.25) is 5.89 Å². The number of carbonyl (C=O) groups excluding carboxylic acids is 2. The minimum atomic E-state index is -0.694. The molecule has 3 heterocycles. The van der Waals surface area contributed by atoms with Gasteiger partial charge in [0, 0.05) is 30.7 Å². The number of hydrogen-bond donors (Lipinski definition) is 0. The van der Waals surface area contributed by atoms with E-state index in [1.165, 1.54) is 4.90 Å². The summed E-state index contributed by atoms with van der Waals surface area (Å²) in [6.07, 6.45) is 4.01. The predicted octanol–water partition coefficient (Wildman–Crippen LogP) is 5.48. The van der Waals surface area contributed by atoms with Gasteiger partial charge in [-0.15, -0.1) is 0 Å². The molecule has 0 fully saturated rings. The molecule has 0 bridgehead atoms. The Labute approximate surface area is 207 Å². The van der Waals surface area contributed by atoms with Crippen molar-refractivity contribution in [2.24, 2.45) is 0 Å². The molecule has 7 heteroatoms. The number of amides is 2. The molecule has 3 aromatic carbocycles. The molecule has 5 aromatic rings. The molecule has 1 aliphatic heterocycles. The minimum absolute atomic E-state index is 0.312. The molecule has 1 aliphatic rings. The van der Waals surface area contributed by atoms with Crippen LogP contribution in [0.1, 0.15) is 38.2 Å². The summed E-state index contributed by atoms with van der Waals surface area (Å²) < 4.78 is 13.7. The van der Waals surface area contributed by atoms with Crippen LogP contribution in [0.5, 0.6) is 0 Å². The summed E-state index contributed by atoms with van der Waals surface area (Å²) in [5.41, 5.74) is 3.64. The molecule has 0 N–H and O–H groups in total. The number of methoxy groups -OCH3 is 1. The number of benzene rings is 3. The molecule has 178 valence electrons. The molecule has 0 radical (unpaired) electrons. The van der Waals surface area contributed by atoms with Crippen molar-refractivity contribution in [1.82, 2.24) is 14.5 Å². The topological polar surface area (TPSA) is 77.6 Å². The lowest BCUT2D eigenvalue weighted by Crippen LogP contribution is -2.35. The predicted molar refractivity (Wildman–Crippen MR) is 134 cm³/mol. The standard InChI is InChI=1S/C29H23N3O4/c1-35-18-31-17-23(20-11-7-8-14-24(20)31)26-16-30-27(36-26)25(15-19-9-3-2-4-10-19)32-28(33)21-12-5-6-13-22(21)29(32)34/h2-14,16-17,25H,15,18H2,1H3/t25-/m1/s1. The second-order valence-corrected chi connectivity index (χ2v) is 8.74. The van der Waals surface area contributed by atoms with Crippen LogP contribution in [0, 0.1) is 0 Å². The van der Waals surface area contributed by atoms with Gasteiger partial charge < -0.3 is 13.7 Å². The van der Waals surface area contributed by atoms with Gasteiger partial charge in [0.05, 0.1) is 22.8 Å². The van der Waals surface area contributed by atoms with Gasteiger partial charge in [-0.25, -0.2) is 4.98 Å². The molecular formula is C29H23N3O4. The summed E-state index contributed by atoms with van der Waals surface area (Å²) in [4.78, 5) is 32.6. The summed E-state index contributed by atoms with van der Waals surface area (Å²) >= 11 is 0. The highest BCUT2D eigenvalue weighted by Gasteiger charge is 2.42. The average Bonchev–Trinajstić information content (AvgIpc) is 3.60. The first-order valence-electron chi connectivity index (χ1n) is 11.7. The lowest BCUT2D eigenvalue weighted by molar-refractivity contribution is 0.0557. The number of carbonyl (C=O) groups is 2. The largest absolute Gasteiger partial charge is 0.438 e. The Morgan fingerprint density at radius 1 is 0.861 bits per heavy atom. The summed E-state index contributed by atoms with van der Waals surface area (Å²) in [5, 5.41) is 0.998. The van der Waals surface area contributed by atoms with Gasteiger partial charge in [-0.05, 0) is 23.8 Å². The van der Waals surface area contributed by atoms with Crippen molar-refractivity contribution in [3.05, 3.63) is 114 Å². The molecular weight excluding hydrogens is 454 g/mol.